The molecule has 13 rings (SSSR count). The van der Waals surface area contributed by atoms with E-state index in [1.165, 1.54) is 100 Å². The standard InChI is InChI=1S/C70H51N/c1-69(2)64-31-16-15-29-61(64)62-43-41-58(46-66(62)69)71(57-39-37-52(38-40-57)51-35-33-50(34-36-51)48-19-7-3-8-20-48)59-42-44-63-67(47-59)70(55-26-13-6-14-27-55,56-28-17-25-54(45-56)49-21-9-4-10-22-49)65-32-18-30-60(68(63)65)53-23-11-5-12-24-53/h3-47H,1-2H3. The maximum absolute atomic E-state index is 2.51. The Hall–Kier alpha value is -8.78. The normalized spacial score (nSPS) is 14.8. The van der Waals surface area contributed by atoms with Gasteiger partial charge in [0, 0.05) is 22.5 Å². The largest absolute Gasteiger partial charge is 0.310 e. The monoisotopic (exact) mass is 905 g/mol. The van der Waals surface area contributed by atoms with Gasteiger partial charge >= 0.3 is 0 Å². The molecule has 1 heteroatoms. The number of nitrogens with zero attached hydrogens (tertiary/aromatic N) is 1. The van der Waals surface area contributed by atoms with Gasteiger partial charge in [0.05, 0.1) is 5.41 Å². The van der Waals surface area contributed by atoms with Crippen molar-refractivity contribution in [2.75, 3.05) is 4.90 Å². The van der Waals surface area contributed by atoms with Crippen LogP contribution >= 0.6 is 0 Å². The molecule has 0 radical (unpaired) electrons. The van der Waals surface area contributed by atoms with Crippen molar-refractivity contribution in [3.05, 3.63) is 306 Å². The Balaban J connectivity index is 1.04. The molecule has 2 aliphatic rings. The number of hydrogen-bond donors (Lipinski definition) is 0. The fourth-order valence-corrected chi connectivity index (χ4v) is 12.0. The molecule has 0 aliphatic heterocycles. The molecular weight excluding hydrogens is 855 g/mol. The van der Waals surface area contributed by atoms with Crippen LogP contribution in [0.1, 0.15) is 47.2 Å². The predicted molar refractivity (Wildman–Crippen MR) is 298 cm³/mol. The molecule has 0 saturated carbocycles. The van der Waals surface area contributed by atoms with E-state index in [1.54, 1.807) is 0 Å². The summed E-state index contributed by atoms with van der Waals surface area (Å²) in [4.78, 5) is 2.49. The molecule has 0 bridgehead atoms. The maximum atomic E-state index is 2.51. The summed E-state index contributed by atoms with van der Waals surface area (Å²) in [6.07, 6.45) is 0. The molecule has 2 aliphatic carbocycles. The summed E-state index contributed by atoms with van der Waals surface area (Å²) in [5.74, 6) is 0. The molecule has 11 aromatic rings. The van der Waals surface area contributed by atoms with Crippen LogP contribution in [0.3, 0.4) is 0 Å². The fourth-order valence-electron chi connectivity index (χ4n) is 12.0. The molecule has 71 heavy (non-hydrogen) atoms. The van der Waals surface area contributed by atoms with Gasteiger partial charge in [0.15, 0.2) is 0 Å². The van der Waals surface area contributed by atoms with E-state index in [1.807, 2.05) is 0 Å². The third-order valence-corrected chi connectivity index (χ3v) is 15.4. The van der Waals surface area contributed by atoms with E-state index in [0.717, 1.165) is 17.1 Å². The van der Waals surface area contributed by atoms with Gasteiger partial charge in [-0.1, -0.05) is 244 Å². The smallest absolute Gasteiger partial charge is 0.0714 e. The lowest BCUT2D eigenvalue weighted by molar-refractivity contribution is 0.660. The molecule has 0 saturated heterocycles. The first kappa shape index (κ1) is 42.3. The second-order valence-electron chi connectivity index (χ2n) is 19.6. The zero-order valence-electron chi connectivity index (χ0n) is 39.9. The minimum absolute atomic E-state index is 0.164. The summed E-state index contributed by atoms with van der Waals surface area (Å²) < 4.78 is 0. The average molecular weight is 906 g/mol. The molecule has 0 amide bonds. The summed E-state index contributed by atoms with van der Waals surface area (Å²) in [5.41, 5.74) is 25.0. The van der Waals surface area contributed by atoms with Crippen LogP contribution in [0.25, 0.3) is 66.8 Å². The van der Waals surface area contributed by atoms with E-state index in [-0.39, 0.29) is 5.41 Å². The van der Waals surface area contributed by atoms with Crippen LogP contribution < -0.4 is 4.90 Å². The van der Waals surface area contributed by atoms with Crippen molar-refractivity contribution < 1.29 is 0 Å². The molecule has 0 N–H and O–H groups in total. The topological polar surface area (TPSA) is 3.24 Å². The van der Waals surface area contributed by atoms with E-state index in [4.69, 9.17) is 0 Å². The average Bonchev–Trinajstić information content (AvgIpc) is 3.87. The van der Waals surface area contributed by atoms with E-state index in [0.29, 0.717) is 0 Å². The van der Waals surface area contributed by atoms with Crippen molar-refractivity contribution >= 4 is 17.1 Å². The van der Waals surface area contributed by atoms with Crippen LogP contribution in [-0.4, -0.2) is 0 Å². The highest BCUT2D eigenvalue weighted by Gasteiger charge is 2.47. The third-order valence-electron chi connectivity index (χ3n) is 15.4. The first-order valence-electron chi connectivity index (χ1n) is 24.8. The van der Waals surface area contributed by atoms with Crippen molar-refractivity contribution in [2.45, 2.75) is 24.7 Å². The molecule has 0 heterocycles. The molecule has 11 aromatic carbocycles. The molecular formula is C70H51N. The van der Waals surface area contributed by atoms with Gasteiger partial charge in [0.25, 0.3) is 0 Å². The summed E-state index contributed by atoms with van der Waals surface area (Å²) in [6.45, 7) is 4.75. The van der Waals surface area contributed by atoms with E-state index < -0.39 is 5.41 Å². The van der Waals surface area contributed by atoms with Gasteiger partial charge in [0.1, 0.15) is 0 Å². The Morgan fingerprint density at radius 3 is 1.32 bits per heavy atom. The number of hydrogen-bond acceptors (Lipinski definition) is 1. The SMILES string of the molecule is CC1(C)c2ccccc2-c2ccc(N(c3ccc(-c4ccc(-c5ccccc5)cc4)cc3)c3ccc4c(c3)C(c3ccccc3)(c3cccc(-c5ccccc5)c3)c3cccc(-c5ccccc5)c3-4)cc21. The molecule has 0 aromatic heterocycles. The quantitative estimate of drug-likeness (QED) is 0.139. The van der Waals surface area contributed by atoms with Gasteiger partial charge in [-0.25, -0.2) is 0 Å². The van der Waals surface area contributed by atoms with Crippen molar-refractivity contribution in [3.8, 4) is 66.8 Å². The molecule has 1 nitrogen and oxygen atoms in total. The molecule has 0 fully saturated rings. The van der Waals surface area contributed by atoms with Crippen molar-refractivity contribution in [1.82, 2.24) is 0 Å². The first-order valence-corrected chi connectivity index (χ1v) is 24.8. The summed E-state index contributed by atoms with van der Waals surface area (Å²) in [5, 5.41) is 0. The van der Waals surface area contributed by atoms with E-state index >= 15 is 0 Å². The zero-order valence-corrected chi connectivity index (χ0v) is 39.9. The Kier molecular flexibility index (Phi) is 10.1. The lowest BCUT2D eigenvalue weighted by atomic mass is 9.67. The first-order chi connectivity index (χ1) is 35.0. The summed E-state index contributed by atoms with van der Waals surface area (Å²) in [7, 11) is 0. The Morgan fingerprint density at radius 1 is 0.254 bits per heavy atom. The summed E-state index contributed by atoms with van der Waals surface area (Å²) >= 11 is 0. The molecule has 1 atom stereocenters. The Morgan fingerprint density at radius 2 is 0.676 bits per heavy atom. The van der Waals surface area contributed by atoms with Crippen LogP contribution in [0, 0.1) is 0 Å². The number of rotatable bonds is 9. The van der Waals surface area contributed by atoms with E-state index in [2.05, 4.69) is 292 Å². The van der Waals surface area contributed by atoms with Crippen molar-refractivity contribution in [2.24, 2.45) is 0 Å². The van der Waals surface area contributed by atoms with Gasteiger partial charge in [-0.3, -0.25) is 0 Å². The zero-order chi connectivity index (χ0) is 47.5. The Labute approximate surface area is 417 Å². The second-order valence-corrected chi connectivity index (χ2v) is 19.6. The lowest BCUT2D eigenvalue weighted by Gasteiger charge is -2.35. The van der Waals surface area contributed by atoms with Crippen LogP contribution in [0.15, 0.2) is 273 Å². The van der Waals surface area contributed by atoms with Crippen LogP contribution in [0.4, 0.5) is 17.1 Å². The maximum Gasteiger partial charge on any atom is 0.0714 e. The fraction of sp³-hybridized carbons (Fsp3) is 0.0571. The van der Waals surface area contributed by atoms with Gasteiger partial charge in [0.2, 0.25) is 0 Å². The predicted octanol–water partition coefficient (Wildman–Crippen LogP) is 18.5. The van der Waals surface area contributed by atoms with Gasteiger partial charge < -0.3 is 4.90 Å². The lowest BCUT2D eigenvalue weighted by Crippen LogP contribution is -2.29. The molecule has 0 spiro atoms. The minimum atomic E-state index is -0.652. The minimum Gasteiger partial charge on any atom is -0.310 e. The van der Waals surface area contributed by atoms with Crippen LogP contribution in [0.5, 0.6) is 0 Å². The number of fused-ring (bicyclic) bond motifs is 6. The Bertz CT molecular complexity index is 3740. The highest BCUT2D eigenvalue weighted by molar-refractivity contribution is 5.97. The van der Waals surface area contributed by atoms with Crippen LogP contribution in [0.2, 0.25) is 0 Å². The van der Waals surface area contributed by atoms with Crippen LogP contribution in [-0.2, 0) is 10.8 Å². The van der Waals surface area contributed by atoms with Gasteiger partial charge in [-0.2, -0.15) is 0 Å². The highest BCUT2D eigenvalue weighted by Crippen LogP contribution is 2.60. The second kappa shape index (κ2) is 17.0. The third kappa shape index (κ3) is 6.91. The van der Waals surface area contributed by atoms with E-state index in [9.17, 15) is 0 Å². The molecule has 1 unspecified atom stereocenters. The number of benzene rings is 11. The molecule has 336 valence electrons. The highest BCUT2D eigenvalue weighted by atomic mass is 15.1. The van der Waals surface area contributed by atoms with Crippen molar-refractivity contribution in [1.29, 1.82) is 0 Å². The van der Waals surface area contributed by atoms with Gasteiger partial charge in [-0.15, -0.1) is 0 Å². The number of anilines is 3. The summed E-state index contributed by atoms with van der Waals surface area (Å²) in [6, 6.07) is 101. The van der Waals surface area contributed by atoms with Crippen molar-refractivity contribution in [3.63, 3.8) is 0 Å². The van der Waals surface area contributed by atoms with Gasteiger partial charge in [-0.05, 0) is 143 Å².